The first-order valence-electron chi connectivity index (χ1n) is 7.05. The normalized spacial score (nSPS) is 13.0. The van der Waals surface area contributed by atoms with Gasteiger partial charge in [0.1, 0.15) is 5.75 Å². The second kappa shape index (κ2) is 6.72. The molecule has 2 aromatic rings. The predicted octanol–water partition coefficient (Wildman–Crippen LogP) is 2.52. The molecule has 2 amide bonds. The number of amides is 2. The van der Waals surface area contributed by atoms with Crippen molar-refractivity contribution in [2.75, 3.05) is 13.3 Å². The second-order valence-electron chi connectivity index (χ2n) is 4.97. The fourth-order valence-corrected chi connectivity index (χ4v) is 2.33. The molecule has 2 aromatic carbocycles. The highest BCUT2D eigenvalue weighted by Gasteiger charge is 2.35. The summed E-state index contributed by atoms with van der Waals surface area (Å²) in [4.78, 5) is 36.8. The fraction of sp³-hybridized carbons (Fsp3) is 0.118. The van der Waals surface area contributed by atoms with Crippen LogP contribution in [0.3, 0.4) is 0 Å². The molecule has 1 aliphatic heterocycles. The van der Waals surface area contributed by atoms with Crippen molar-refractivity contribution in [3.05, 3.63) is 64.7 Å². The van der Waals surface area contributed by atoms with Crippen LogP contribution in [0.2, 0.25) is 5.02 Å². The number of nitrogens with zero attached hydrogens (tertiary/aromatic N) is 1. The van der Waals surface area contributed by atoms with Gasteiger partial charge in [0.2, 0.25) is 0 Å². The largest absolute Gasteiger partial charge is 0.482 e. The number of hydrogen-bond acceptors (Lipinski definition) is 5. The third kappa shape index (κ3) is 3.23. The number of ether oxygens (including phenoxy) is 2. The Bertz CT molecular complexity index is 768. The molecule has 1 heterocycles. The van der Waals surface area contributed by atoms with Crippen molar-refractivity contribution in [2.45, 2.75) is 0 Å². The van der Waals surface area contributed by atoms with Crippen LogP contribution < -0.4 is 4.74 Å². The van der Waals surface area contributed by atoms with Gasteiger partial charge in [-0.1, -0.05) is 23.7 Å². The summed E-state index contributed by atoms with van der Waals surface area (Å²) >= 11 is 5.75. The molecule has 0 aromatic heterocycles. The molecule has 0 unspecified atom stereocenters. The first-order valence-corrected chi connectivity index (χ1v) is 7.43. The van der Waals surface area contributed by atoms with Crippen LogP contribution in [-0.4, -0.2) is 36.0 Å². The van der Waals surface area contributed by atoms with Crippen molar-refractivity contribution < 1.29 is 23.9 Å². The number of fused-ring (bicyclic) bond motifs is 1. The van der Waals surface area contributed by atoms with E-state index in [9.17, 15) is 14.4 Å². The van der Waals surface area contributed by atoms with Gasteiger partial charge in [-0.2, -0.15) is 0 Å². The topological polar surface area (TPSA) is 72.9 Å². The minimum absolute atomic E-state index is 0.302. The summed E-state index contributed by atoms with van der Waals surface area (Å²) in [6, 6.07) is 12.9. The Morgan fingerprint density at radius 1 is 0.958 bits per heavy atom. The summed E-state index contributed by atoms with van der Waals surface area (Å²) in [5, 5.41) is 0.551. The molecule has 122 valence electrons. The molecule has 0 saturated carbocycles. The van der Waals surface area contributed by atoms with Crippen molar-refractivity contribution in [3.63, 3.8) is 0 Å². The summed E-state index contributed by atoms with van der Waals surface area (Å²) < 4.78 is 10.2. The Balaban J connectivity index is 1.53. The average molecular weight is 346 g/mol. The molecule has 0 saturated heterocycles. The minimum atomic E-state index is -0.693. The smallest absolute Gasteiger partial charge is 0.345 e. The van der Waals surface area contributed by atoms with E-state index in [0.717, 1.165) is 4.90 Å². The van der Waals surface area contributed by atoms with Crippen LogP contribution in [0.1, 0.15) is 20.7 Å². The first-order chi connectivity index (χ1) is 11.6. The SMILES string of the molecule is O=C(COc1ccc(Cl)cc1)OCN1C(=O)c2ccccc2C1=O. The summed E-state index contributed by atoms with van der Waals surface area (Å²) in [6.45, 7) is -0.792. The van der Waals surface area contributed by atoms with Crippen LogP contribution in [0.5, 0.6) is 5.75 Å². The molecule has 0 fully saturated rings. The lowest BCUT2D eigenvalue weighted by molar-refractivity contribution is -0.148. The quantitative estimate of drug-likeness (QED) is 0.615. The van der Waals surface area contributed by atoms with E-state index >= 15 is 0 Å². The number of halogens is 1. The number of benzene rings is 2. The number of carbonyl (C=O) groups is 3. The molecule has 0 atom stereocenters. The van der Waals surface area contributed by atoms with Gasteiger partial charge in [0.25, 0.3) is 11.8 Å². The maximum atomic E-state index is 12.1. The van der Waals surface area contributed by atoms with Crippen LogP contribution in [0, 0.1) is 0 Å². The molecular formula is C17H12ClNO5. The summed E-state index contributed by atoms with van der Waals surface area (Å²) in [5.41, 5.74) is 0.604. The highest BCUT2D eigenvalue weighted by Crippen LogP contribution is 2.22. The first kappa shape index (κ1) is 16.0. The zero-order valence-corrected chi connectivity index (χ0v) is 13.2. The van der Waals surface area contributed by atoms with E-state index in [1.807, 2.05) is 0 Å². The van der Waals surface area contributed by atoms with Gasteiger partial charge in [-0.05, 0) is 36.4 Å². The lowest BCUT2D eigenvalue weighted by Gasteiger charge is -2.14. The third-order valence-electron chi connectivity index (χ3n) is 3.40. The van der Waals surface area contributed by atoms with Gasteiger partial charge < -0.3 is 9.47 Å². The highest BCUT2D eigenvalue weighted by atomic mass is 35.5. The third-order valence-corrected chi connectivity index (χ3v) is 3.66. The van der Waals surface area contributed by atoms with E-state index in [1.54, 1.807) is 48.5 Å². The number of esters is 1. The van der Waals surface area contributed by atoms with E-state index in [1.165, 1.54) is 0 Å². The Kier molecular flexibility index (Phi) is 4.48. The maximum absolute atomic E-state index is 12.1. The lowest BCUT2D eigenvalue weighted by Crippen LogP contribution is -2.34. The van der Waals surface area contributed by atoms with Gasteiger partial charge in [0.05, 0.1) is 11.1 Å². The predicted molar refractivity (Wildman–Crippen MR) is 84.8 cm³/mol. The van der Waals surface area contributed by atoms with Crippen LogP contribution in [0.25, 0.3) is 0 Å². The minimum Gasteiger partial charge on any atom is -0.482 e. The standard InChI is InChI=1S/C17H12ClNO5/c18-11-5-7-12(8-6-11)23-9-15(20)24-10-19-16(21)13-3-1-2-4-14(13)17(19)22/h1-8H,9-10H2. The Morgan fingerprint density at radius 2 is 1.54 bits per heavy atom. The second-order valence-corrected chi connectivity index (χ2v) is 5.41. The van der Waals surface area contributed by atoms with Gasteiger partial charge in [-0.15, -0.1) is 0 Å². The Labute approximate surface area is 142 Å². The van der Waals surface area contributed by atoms with Gasteiger partial charge >= 0.3 is 5.97 Å². The molecular weight excluding hydrogens is 334 g/mol. The number of carbonyl (C=O) groups excluding carboxylic acids is 3. The molecule has 0 spiro atoms. The summed E-state index contributed by atoms with van der Waals surface area (Å²) in [7, 11) is 0. The summed E-state index contributed by atoms with van der Waals surface area (Å²) in [6.07, 6.45) is 0. The number of rotatable bonds is 5. The highest BCUT2D eigenvalue weighted by molar-refractivity contribution is 6.30. The van der Waals surface area contributed by atoms with E-state index in [-0.39, 0.29) is 6.61 Å². The molecule has 1 aliphatic rings. The van der Waals surface area contributed by atoms with Crippen LogP contribution in [-0.2, 0) is 9.53 Å². The molecule has 3 rings (SSSR count). The van der Waals surface area contributed by atoms with Crippen LogP contribution in [0.4, 0.5) is 0 Å². The Hall–Kier alpha value is -2.86. The van der Waals surface area contributed by atoms with Crippen molar-refractivity contribution in [1.29, 1.82) is 0 Å². The fourth-order valence-electron chi connectivity index (χ4n) is 2.21. The van der Waals surface area contributed by atoms with Gasteiger partial charge in [0, 0.05) is 5.02 Å². The Morgan fingerprint density at radius 3 is 2.12 bits per heavy atom. The van der Waals surface area contributed by atoms with Crippen molar-refractivity contribution in [3.8, 4) is 5.75 Å². The van der Waals surface area contributed by atoms with E-state index < -0.39 is 24.5 Å². The number of hydrogen-bond donors (Lipinski definition) is 0. The van der Waals surface area contributed by atoms with Crippen molar-refractivity contribution in [1.82, 2.24) is 4.90 Å². The zero-order chi connectivity index (χ0) is 17.1. The lowest BCUT2D eigenvalue weighted by atomic mass is 10.1. The van der Waals surface area contributed by atoms with Gasteiger partial charge in [0.15, 0.2) is 13.3 Å². The molecule has 0 bridgehead atoms. The summed E-state index contributed by atoms with van der Waals surface area (Å²) in [5.74, 6) is -1.21. The monoisotopic (exact) mass is 345 g/mol. The zero-order valence-electron chi connectivity index (χ0n) is 12.4. The maximum Gasteiger partial charge on any atom is 0.345 e. The van der Waals surface area contributed by atoms with Crippen LogP contribution >= 0.6 is 11.6 Å². The molecule has 0 radical (unpaired) electrons. The van der Waals surface area contributed by atoms with Gasteiger partial charge in [-0.3, -0.25) is 9.59 Å². The van der Waals surface area contributed by atoms with Crippen molar-refractivity contribution >= 4 is 29.4 Å². The van der Waals surface area contributed by atoms with E-state index in [4.69, 9.17) is 21.1 Å². The molecule has 6 nitrogen and oxygen atoms in total. The number of imide groups is 1. The van der Waals surface area contributed by atoms with E-state index in [0.29, 0.717) is 21.9 Å². The molecule has 7 heteroatoms. The van der Waals surface area contributed by atoms with E-state index in [2.05, 4.69) is 0 Å². The van der Waals surface area contributed by atoms with Crippen molar-refractivity contribution in [2.24, 2.45) is 0 Å². The van der Waals surface area contributed by atoms with Crippen LogP contribution in [0.15, 0.2) is 48.5 Å². The average Bonchev–Trinajstić information content (AvgIpc) is 2.84. The molecule has 0 aliphatic carbocycles. The molecule has 0 N–H and O–H groups in total. The van der Waals surface area contributed by atoms with Gasteiger partial charge in [-0.25, -0.2) is 9.69 Å². The molecule has 24 heavy (non-hydrogen) atoms.